The van der Waals surface area contributed by atoms with Crippen LogP contribution in [0.4, 0.5) is 13.2 Å². The number of amides is 1. The van der Waals surface area contributed by atoms with E-state index in [0.717, 1.165) is 25.8 Å². The van der Waals surface area contributed by atoms with Gasteiger partial charge in [0.25, 0.3) is 0 Å². The smallest absolute Gasteiger partial charge is 0.341 e. The minimum absolute atomic E-state index is 0.0169. The maximum absolute atomic E-state index is 12.8. The Morgan fingerprint density at radius 3 is 2.61 bits per heavy atom. The normalized spacial score (nSPS) is 37.4. The first kappa shape index (κ1) is 12.3. The number of nitrogens with one attached hydrogen (secondary N) is 2. The molecular weight excluding hydrogens is 245 g/mol. The molecule has 3 rings (SSSR count). The topological polar surface area (TPSA) is 41.1 Å². The van der Waals surface area contributed by atoms with Crippen LogP contribution in [0.3, 0.4) is 0 Å². The summed E-state index contributed by atoms with van der Waals surface area (Å²) in [7, 11) is 0. The van der Waals surface area contributed by atoms with E-state index < -0.39 is 23.7 Å². The third kappa shape index (κ3) is 1.81. The van der Waals surface area contributed by atoms with E-state index >= 15 is 0 Å². The van der Waals surface area contributed by atoms with Crippen LogP contribution in [-0.2, 0) is 4.79 Å². The molecule has 1 amide bonds. The Balaban J connectivity index is 1.66. The van der Waals surface area contributed by atoms with Crippen LogP contribution in [-0.4, -0.2) is 30.2 Å². The molecule has 0 aromatic carbocycles. The van der Waals surface area contributed by atoms with E-state index in [0.29, 0.717) is 5.92 Å². The summed E-state index contributed by atoms with van der Waals surface area (Å²) in [5.74, 6) is 0.245. The van der Waals surface area contributed by atoms with Gasteiger partial charge in [-0.3, -0.25) is 4.79 Å². The number of carbonyl (C=O) groups is 1. The highest BCUT2D eigenvalue weighted by Crippen LogP contribution is 2.49. The molecule has 1 heterocycles. The fraction of sp³-hybridized carbons (Fsp3) is 0.917. The van der Waals surface area contributed by atoms with E-state index in [1.165, 1.54) is 0 Å². The maximum Gasteiger partial charge on any atom is 0.411 e. The lowest BCUT2D eigenvalue weighted by Gasteiger charge is -2.24. The van der Waals surface area contributed by atoms with Crippen molar-refractivity contribution in [3.63, 3.8) is 0 Å². The van der Waals surface area contributed by atoms with Crippen LogP contribution in [0, 0.1) is 11.8 Å². The minimum atomic E-state index is -4.32. The van der Waals surface area contributed by atoms with Crippen molar-refractivity contribution in [3.8, 4) is 0 Å². The fourth-order valence-electron chi connectivity index (χ4n) is 3.39. The van der Waals surface area contributed by atoms with Crippen LogP contribution in [0.5, 0.6) is 0 Å². The quantitative estimate of drug-likeness (QED) is 0.793. The van der Waals surface area contributed by atoms with E-state index in [4.69, 9.17) is 0 Å². The molecule has 6 heteroatoms. The second-order valence-corrected chi connectivity index (χ2v) is 5.81. The Labute approximate surface area is 103 Å². The monoisotopic (exact) mass is 262 g/mol. The molecule has 0 aromatic heterocycles. The molecular formula is C12H17F3N2O. The van der Waals surface area contributed by atoms with E-state index in [1.54, 1.807) is 0 Å². The van der Waals surface area contributed by atoms with Gasteiger partial charge in [0, 0.05) is 0 Å². The number of hydrogen-bond acceptors (Lipinski definition) is 2. The number of carbonyl (C=O) groups excluding carboxylic acids is 1. The van der Waals surface area contributed by atoms with Crippen molar-refractivity contribution in [2.45, 2.75) is 49.9 Å². The average Bonchev–Trinajstić information content (AvgIpc) is 2.75. The Bertz CT molecular complexity index is 365. The first-order chi connectivity index (χ1) is 8.43. The molecule has 3 nitrogen and oxygen atoms in total. The standard InChI is InChI=1S/C12H17F3N2O/c13-12(14,15)11(4-5-11)17-10(18)9-8-3-1-2-7(8)6-16-9/h7-9,16H,1-6H2,(H,17,18). The van der Waals surface area contributed by atoms with Crippen LogP contribution >= 0.6 is 0 Å². The summed E-state index contributed by atoms with van der Waals surface area (Å²) in [5.41, 5.74) is -1.93. The summed E-state index contributed by atoms with van der Waals surface area (Å²) < 4.78 is 38.3. The Kier molecular flexibility index (Phi) is 2.63. The second kappa shape index (κ2) is 3.85. The number of fused-ring (bicyclic) bond motifs is 1. The van der Waals surface area contributed by atoms with Gasteiger partial charge in [-0.1, -0.05) is 6.42 Å². The number of rotatable bonds is 2. The van der Waals surface area contributed by atoms with E-state index in [2.05, 4.69) is 10.6 Å². The van der Waals surface area contributed by atoms with Gasteiger partial charge in [0.1, 0.15) is 5.54 Å². The van der Waals surface area contributed by atoms with Gasteiger partial charge in [-0.15, -0.1) is 0 Å². The van der Waals surface area contributed by atoms with Gasteiger partial charge in [-0.2, -0.15) is 13.2 Å². The Morgan fingerprint density at radius 1 is 1.28 bits per heavy atom. The van der Waals surface area contributed by atoms with Gasteiger partial charge < -0.3 is 10.6 Å². The number of alkyl halides is 3. The summed E-state index contributed by atoms with van der Waals surface area (Å²) in [5, 5.41) is 5.32. The molecule has 2 saturated carbocycles. The first-order valence-electron chi connectivity index (χ1n) is 6.55. The van der Waals surface area contributed by atoms with Crippen molar-refractivity contribution in [3.05, 3.63) is 0 Å². The minimum Gasteiger partial charge on any atom is -0.341 e. The highest BCUT2D eigenvalue weighted by Gasteiger charge is 2.64. The first-order valence-corrected chi connectivity index (χ1v) is 6.55. The van der Waals surface area contributed by atoms with Crippen LogP contribution in [0.25, 0.3) is 0 Å². The third-order valence-electron chi connectivity index (χ3n) is 4.68. The largest absolute Gasteiger partial charge is 0.411 e. The Hall–Kier alpha value is -0.780. The molecule has 1 aliphatic heterocycles. The lowest BCUT2D eigenvalue weighted by atomic mass is 9.93. The van der Waals surface area contributed by atoms with Gasteiger partial charge in [0.05, 0.1) is 6.04 Å². The SMILES string of the molecule is O=C(NC1(C(F)(F)F)CC1)C1NCC2CCCC21. The molecule has 1 saturated heterocycles. The Morgan fingerprint density at radius 2 is 2.00 bits per heavy atom. The molecule has 18 heavy (non-hydrogen) atoms. The fourth-order valence-corrected chi connectivity index (χ4v) is 3.39. The predicted octanol–water partition coefficient (Wildman–Crippen LogP) is 1.59. The molecule has 0 radical (unpaired) electrons. The summed E-state index contributed by atoms with van der Waals surface area (Å²) in [6, 6.07) is -0.419. The zero-order valence-corrected chi connectivity index (χ0v) is 10.0. The predicted molar refractivity (Wildman–Crippen MR) is 58.8 cm³/mol. The molecule has 0 aromatic rings. The van der Waals surface area contributed by atoms with Gasteiger partial charge in [0.15, 0.2) is 0 Å². The molecule has 2 aliphatic carbocycles. The summed E-state index contributed by atoms with van der Waals surface area (Å²) in [4.78, 5) is 12.0. The van der Waals surface area contributed by atoms with Gasteiger partial charge in [0.2, 0.25) is 5.91 Å². The molecule has 102 valence electrons. The lowest BCUT2D eigenvalue weighted by Crippen LogP contribution is -2.54. The molecule has 2 N–H and O–H groups in total. The average molecular weight is 262 g/mol. The van der Waals surface area contributed by atoms with Gasteiger partial charge in [-0.05, 0) is 44.1 Å². The van der Waals surface area contributed by atoms with Crippen LogP contribution in [0.15, 0.2) is 0 Å². The highest BCUT2D eigenvalue weighted by atomic mass is 19.4. The van der Waals surface area contributed by atoms with E-state index in [-0.39, 0.29) is 18.8 Å². The van der Waals surface area contributed by atoms with Crippen molar-refractivity contribution in [2.75, 3.05) is 6.54 Å². The lowest BCUT2D eigenvalue weighted by molar-refractivity contribution is -0.171. The molecule has 3 fully saturated rings. The van der Waals surface area contributed by atoms with E-state index in [1.807, 2.05) is 0 Å². The van der Waals surface area contributed by atoms with Crippen molar-refractivity contribution in [1.29, 1.82) is 0 Å². The number of hydrogen-bond donors (Lipinski definition) is 2. The summed E-state index contributed by atoms with van der Waals surface area (Å²) >= 11 is 0. The summed E-state index contributed by atoms with van der Waals surface area (Å²) in [6.45, 7) is 0.766. The molecule has 3 atom stereocenters. The zero-order chi connectivity index (χ0) is 13.0. The van der Waals surface area contributed by atoms with Crippen LogP contribution < -0.4 is 10.6 Å². The van der Waals surface area contributed by atoms with Crippen LogP contribution in [0.2, 0.25) is 0 Å². The number of halogens is 3. The molecule has 3 unspecified atom stereocenters. The molecule has 3 aliphatic rings. The maximum atomic E-state index is 12.8. The van der Waals surface area contributed by atoms with Crippen LogP contribution in [0.1, 0.15) is 32.1 Å². The van der Waals surface area contributed by atoms with Crippen molar-refractivity contribution in [2.24, 2.45) is 11.8 Å². The third-order valence-corrected chi connectivity index (χ3v) is 4.68. The van der Waals surface area contributed by atoms with E-state index in [9.17, 15) is 18.0 Å². The van der Waals surface area contributed by atoms with Crippen molar-refractivity contribution < 1.29 is 18.0 Å². The molecule has 0 spiro atoms. The summed E-state index contributed by atoms with van der Waals surface area (Å²) in [6.07, 6.45) is -1.16. The highest BCUT2D eigenvalue weighted by molar-refractivity contribution is 5.83. The molecule has 0 bridgehead atoms. The van der Waals surface area contributed by atoms with Crippen molar-refractivity contribution >= 4 is 5.91 Å². The van der Waals surface area contributed by atoms with Crippen molar-refractivity contribution in [1.82, 2.24) is 10.6 Å². The zero-order valence-electron chi connectivity index (χ0n) is 10.0. The van der Waals surface area contributed by atoms with Gasteiger partial charge >= 0.3 is 6.18 Å². The second-order valence-electron chi connectivity index (χ2n) is 5.81. The van der Waals surface area contributed by atoms with Gasteiger partial charge in [-0.25, -0.2) is 0 Å².